The maximum atomic E-state index is 12.1. The van der Waals surface area contributed by atoms with Crippen LogP contribution in [-0.2, 0) is 27.1 Å². The molecule has 2 fully saturated rings. The first-order chi connectivity index (χ1) is 15.1. The second-order valence-electron chi connectivity index (χ2n) is 7.88. The molecular weight excluding hydrogens is 438 g/mol. The van der Waals surface area contributed by atoms with Crippen LogP contribution in [0.1, 0.15) is 35.9 Å². The van der Waals surface area contributed by atoms with Crippen molar-refractivity contribution in [1.29, 1.82) is 0 Å². The van der Waals surface area contributed by atoms with E-state index in [-0.39, 0.29) is 12.1 Å². The minimum atomic E-state index is -0.815. The summed E-state index contributed by atoms with van der Waals surface area (Å²) in [5.74, 6) is 1.84. The van der Waals surface area contributed by atoms with Gasteiger partial charge in [-0.2, -0.15) is 9.54 Å². The Kier molecular flexibility index (Phi) is 6.00. The normalized spacial score (nSPS) is 21.6. The van der Waals surface area contributed by atoms with Crippen molar-refractivity contribution in [2.24, 2.45) is 0 Å². The average molecular weight is 465 g/mol. The number of carbonyl (C=O) groups excluding carboxylic acids is 1. The van der Waals surface area contributed by atoms with Crippen molar-refractivity contribution in [3.8, 4) is 0 Å². The molecule has 2 aromatic heterocycles. The fourth-order valence-corrected chi connectivity index (χ4v) is 6.20. The molecule has 5 heterocycles. The lowest BCUT2D eigenvalue weighted by Crippen LogP contribution is -2.54. The van der Waals surface area contributed by atoms with Crippen molar-refractivity contribution >= 4 is 40.2 Å². The van der Waals surface area contributed by atoms with Gasteiger partial charge in [0.05, 0.1) is 18.6 Å². The van der Waals surface area contributed by atoms with Crippen molar-refractivity contribution in [2.75, 3.05) is 48.4 Å². The SMILES string of the molecule is CCN(c1nc(N2CC(OC(=O)c3cscn3)C2)nc2c1[S+](O)CC2)C1CCOCC1. The molecule has 3 aliphatic heterocycles. The molecule has 1 atom stereocenters. The largest absolute Gasteiger partial charge is 0.454 e. The van der Waals surface area contributed by atoms with Crippen LogP contribution in [-0.4, -0.2) is 76.2 Å². The Labute approximate surface area is 188 Å². The number of fused-ring (bicyclic) bond motifs is 1. The fourth-order valence-electron chi connectivity index (χ4n) is 4.29. The Balaban J connectivity index is 1.34. The first-order valence-electron chi connectivity index (χ1n) is 10.6. The summed E-state index contributed by atoms with van der Waals surface area (Å²) in [4.78, 5) is 31.1. The lowest BCUT2D eigenvalue weighted by molar-refractivity contribution is 0.0225. The zero-order valence-electron chi connectivity index (χ0n) is 17.4. The van der Waals surface area contributed by atoms with Crippen molar-refractivity contribution < 1.29 is 18.8 Å². The van der Waals surface area contributed by atoms with Crippen LogP contribution in [0, 0.1) is 0 Å². The minimum Gasteiger partial charge on any atom is -0.454 e. The van der Waals surface area contributed by atoms with Crippen LogP contribution in [0.2, 0.25) is 0 Å². The average Bonchev–Trinajstić information content (AvgIpc) is 3.42. The summed E-state index contributed by atoms with van der Waals surface area (Å²) in [5, 5.41) is 1.69. The topological polar surface area (TPSA) is 101 Å². The van der Waals surface area contributed by atoms with Gasteiger partial charge < -0.3 is 19.3 Å². The van der Waals surface area contributed by atoms with Crippen LogP contribution in [0.3, 0.4) is 0 Å². The van der Waals surface area contributed by atoms with Crippen molar-refractivity contribution in [3.05, 3.63) is 22.3 Å². The maximum Gasteiger partial charge on any atom is 0.358 e. The molecule has 0 aliphatic carbocycles. The van der Waals surface area contributed by atoms with Crippen molar-refractivity contribution in [2.45, 2.75) is 43.2 Å². The van der Waals surface area contributed by atoms with Gasteiger partial charge in [0.1, 0.15) is 11.8 Å². The molecule has 3 aliphatic rings. The minimum absolute atomic E-state index is 0.195. The van der Waals surface area contributed by atoms with Gasteiger partial charge in [-0.15, -0.1) is 11.3 Å². The molecule has 0 radical (unpaired) electrons. The van der Waals surface area contributed by atoms with E-state index < -0.39 is 11.2 Å². The summed E-state index contributed by atoms with van der Waals surface area (Å²) in [5.41, 5.74) is 2.92. The van der Waals surface area contributed by atoms with Crippen LogP contribution < -0.4 is 9.80 Å². The summed E-state index contributed by atoms with van der Waals surface area (Å²) in [7, 11) is 0. The van der Waals surface area contributed by atoms with Crippen LogP contribution in [0.4, 0.5) is 11.8 Å². The molecular formula is C20H26N5O4S2+. The lowest BCUT2D eigenvalue weighted by Gasteiger charge is -2.39. The van der Waals surface area contributed by atoms with Gasteiger partial charge in [0.15, 0.2) is 28.4 Å². The first-order valence-corrected chi connectivity index (χ1v) is 12.9. The van der Waals surface area contributed by atoms with Gasteiger partial charge in [0.2, 0.25) is 5.95 Å². The number of thiazole rings is 1. The third-order valence-electron chi connectivity index (χ3n) is 5.96. The zero-order valence-corrected chi connectivity index (χ0v) is 19.0. The molecule has 9 nitrogen and oxygen atoms in total. The Morgan fingerprint density at radius 2 is 2.19 bits per heavy atom. The van der Waals surface area contributed by atoms with E-state index in [9.17, 15) is 9.35 Å². The van der Waals surface area contributed by atoms with Gasteiger partial charge in [-0.05, 0) is 19.8 Å². The lowest BCUT2D eigenvalue weighted by atomic mass is 10.1. The van der Waals surface area contributed by atoms with Gasteiger partial charge in [-0.1, -0.05) is 0 Å². The molecule has 0 spiro atoms. The number of anilines is 2. The van der Waals surface area contributed by atoms with E-state index in [1.165, 1.54) is 11.3 Å². The van der Waals surface area contributed by atoms with E-state index in [0.29, 0.717) is 36.5 Å². The molecule has 166 valence electrons. The van der Waals surface area contributed by atoms with Gasteiger partial charge in [-0.3, -0.25) is 0 Å². The Morgan fingerprint density at radius 3 is 2.90 bits per heavy atom. The molecule has 0 aromatic carbocycles. The standard InChI is InChI=1S/C20H26N5O4S2/c1-2-25(13-3-6-28-7-4-13)18-17-15(5-8-31(17)27)22-20(23-18)24-9-14(10-24)29-19(26)16-11-30-12-21-16/h11-14,27H,2-10H2,1H3/q+1. The fraction of sp³-hybridized carbons (Fsp3) is 0.600. The highest BCUT2D eigenvalue weighted by Gasteiger charge is 2.42. The third-order valence-corrected chi connectivity index (χ3v) is 8.03. The number of nitrogens with zero attached hydrogens (tertiary/aromatic N) is 5. The molecule has 0 amide bonds. The molecule has 11 heteroatoms. The zero-order chi connectivity index (χ0) is 21.4. The Hall–Kier alpha value is -1.95. The van der Waals surface area contributed by atoms with E-state index in [1.807, 2.05) is 4.90 Å². The summed E-state index contributed by atoms with van der Waals surface area (Å²) < 4.78 is 21.7. The molecule has 1 unspecified atom stereocenters. The molecule has 5 rings (SSSR count). The number of carbonyl (C=O) groups is 1. The predicted octanol–water partition coefficient (Wildman–Crippen LogP) is 1.99. The van der Waals surface area contributed by atoms with E-state index in [0.717, 1.165) is 55.4 Å². The second kappa shape index (κ2) is 8.89. The number of aromatic nitrogens is 3. The number of esters is 1. The van der Waals surface area contributed by atoms with E-state index >= 15 is 0 Å². The van der Waals surface area contributed by atoms with Crippen LogP contribution >= 0.6 is 11.3 Å². The Bertz CT molecular complexity index is 932. The number of hydrogen-bond donors (Lipinski definition) is 1. The number of ether oxygens (including phenoxy) is 2. The van der Waals surface area contributed by atoms with Crippen molar-refractivity contribution in [1.82, 2.24) is 15.0 Å². The first kappa shape index (κ1) is 20.9. The molecule has 0 bridgehead atoms. The highest BCUT2D eigenvalue weighted by Crippen LogP contribution is 2.37. The van der Waals surface area contributed by atoms with Crippen LogP contribution in [0.25, 0.3) is 0 Å². The Morgan fingerprint density at radius 1 is 1.39 bits per heavy atom. The predicted molar refractivity (Wildman–Crippen MR) is 119 cm³/mol. The molecule has 2 saturated heterocycles. The molecule has 31 heavy (non-hydrogen) atoms. The van der Waals surface area contributed by atoms with Gasteiger partial charge in [0.25, 0.3) is 4.90 Å². The van der Waals surface area contributed by atoms with Gasteiger partial charge in [-0.25, -0.2) is 14.8 Å². The van der Waals surface area contributed by atoms with Crippen LogP contribution in [0.15, 0.2) is 15.8 Å². The third kappa shape index (κ3) is 4.11. The molecule has 0 saturated carbocycles. The second-order valence-corrected chi connectivity index (χ2v) is 10.1. The monoisotopic (exact) mass is 464 g/mol. The summed E-state index contributed by atoms with van der Waals surface area (Å²) in [6.45, 7) is 5.57. The summed E-state index contributed by atoms with van der Waals surface area (Å²) in [6.07, 6.45) is 2.48. The van der Waals surface area contributed by atoms with Gasteiger partial charge >= 0.3 is 5.97 Å². The van der Waals surface area contributed by atoms with E-state index in [2.05, 4.69) is 16.8 Å². The number of hydrogen-bond acceptors (Lipinski definition) is 10. The molecule has 2 aromatic rings. The van der Waals surface area contributed by atoms with Crippen LogP contribution in [0.5, 0.6) is 0 Å². The quantitative estimate of drug-likeness (QED) is 0.508. The maximum absolute atomic E-state index is 12.1. The summed E-state index contributed by atoms with van der Waals surface area (Å²) >= 11 is 0.558. The molecule has 1 N–H and O–H groups in total. The summed E-state index contributed by atoms with van der Waals surface area (Å²) in [6, 6.07) is 0.353. The van der Waals surface area contributed by atoms with E-state index in [1.54, 1.807) is 10.9 Å². The smallest absolute Gasteiger partial charge is 0.358 e. The number of aryl methyl sites for hydroxylation is 1. The highest BCUT2D eigenvalue weighted by molar-refractivity contribution is 7.92. The van der Waals surface area contributed by atoms with E-state index in [4.69, 9.17) is 19.4 Å². The highest BCUT2D eigenvalue weighted by atomic mass is 32.2. The number of rotatable bonds is 6. The van der Waals surface area contributed by atoms with Gasteiger partial charge in [0, 0.05) is 37.6 Å². The van der Waals surface area contributed by atoms with Crippen molar-refractivity contribution in [3.63, 3.8) is 0 Å².